The summed E-state index contributed by atoms with van der Waals surface area (Å²) in [5.74, 6) is 0.776. The zero-order chi connectivity index (χ0) is 11.3. The van der Waals surface area contributed by atoms with Gasteiger partial charge in [-0.15, -0.1) is 0 Å². The average Bonchev–Trinajstić information content (AvgIpc) is 2.30. The normalized spacial score (nSPS) is 22.1. The molecule has 3 nitrogen and oxygen atoms in total. The van der Waals surface area contributed by atoms with Crippen molar-refractivity contribution in [2.45, 2.75) is 39.5 Å². The molecule has 1 fully saturated rings. The Balaban J connectivity index is 2.51. The topological polar surface area (TPSA) is 40.5 Å². The van der Waals surface area contributed by atoms with Crippen molar-refractivity contribution in [3.63, 3.8) is 0 Å². The number of carbonyl (C=O) groups is 1. The lowest BCUT2D eigenvalue weighted by molar-refractivity contribution is -0.137. The van der Waals surface area contributed by atoms with Gasteiger partial charge in [0.2, 0.25) is 5.91 Å². The number of carbonyl (C=O) groups excluding carboxylic acids is 1. The minimum Gasteiger partial charge on any atom is -0.396 e. The van der Waals surface area contributed by atoms with Crippen LogP contribution in [-0.4, -0.2) is 35.6 Å². The van der Waals surface area contributed by atoms with E-state index in [4.69, 9.17) is 5.11 Å². The third kappa shape index (κ3) is 3.20. The van der Waals surface area contributed by atoms with E-state index >= 15 is 0 Å². The summed E-state index contributed by atoms with van der Waals surface area (Å²) in [6.07, 6.45) is 3.95. The molecule has 1 aliphatic rings. The van der Waals surface area contributed by atoms with E-state index in [0.29, 0.717) is 5.92 Å². The summed E-state index contributed by atoms with van der Waals surface area (Å²) in [5, 5.41) is 9.11. The predicted molar refractivity (Wildman–Crippen MR) is 60.5 cm³/mol. The van der Waals surface area contributed by atoms with Gasteiger partial charge in [-0.3, -0.25) is 4.79 Å². The number of nitrogens with zero attached hydrogens (tertiary/aromatic N) is 1. The molecule has 1 saturated heterocycles. The molecule has 15 heavy (non-hydrogen) atoms. The maximum atomic E-state index is 12.1. The molecule has 1 rings (SSSR count). The monoisotopic (exact) mass is 213 g/mol. The van der Waals surface area contributed by atoms with Crippen LogP contribution < -0.4 is 0 Å². The first-order valence-corrected chi connectivity index (χ1v) is 6.12. The molecule has 1 N–H and O–H groups in total. The lowest BCUT2D eigenvalue weighted by Crippen LogP contribution is -2.43. The van der Waals surface area contributed by atoms with Gasteiger partial charge in [0.25, 0.3) is 0 Å². The Morgan fingerprint density at radius 2 is 2.13 bits per heavy atom. The van der Waals surface area contributed by atoms with Crippen LogP contribution in [0.25, 0.3) is 0 Å². The van der Waals surface area contributed by atoms with Crippen LogP contribution in [0.15, 0.2) is 0 Å². The highest BCUT2D eigenvalue weighted by molar-refractivity contribution is 5.78. The van der Waals surface area contributed by atoms with Gasteiger partial charge < -0.3 is 10.0 Å². The molecule has 1 atom stereocenters. The first kappa shape index (κ1) is 12.5. The van der Waals surface area contributed by atoms with Crippen LogP contribution in [0.1, 0.15) is 39.5 Å². The molecular weight excluding hydrogens is 190 g/mol. The fourth-order valence-corrected chi connectivity index (χ4v) is 2.31. The first-order chi connectivity index (χ1) is 7.22. The van der Waals surface area contributed by atoms with Crippen LogP contribution in [0, 0.1) is 11.8 Å². The standard InChI is InChI=1S/C12H23NO2/c1-3-11(4-2)12(15)13-7-5-6-10(8-13)9-14/h10-11,14H,3-9H2,1-2H3. The molecule has 0 saturated carbocycles. The summed E-state index contributed by atoms with van der Waals surface area (Å²) >= 11 is 0. The van der Waals surface area contributed by atoms with E-state index in [1.807, 2.05) is 4.90 Å². The van der Waals surface area contributed by atoms with Crippen molar-refractivity contribution in [3.05, 3.63) is 0 Å². The number of hydrogen-bond donors (Lipinski definition) is 1. The van der Waals surface area contributed by atoms with Crippen molar-refractivity contribution >= 4 is 5.91 Å². The van der Waals surface area contributed by atoms with E-state index in [-0.39, 0.29) is 18.4 Å². The van der Waals surface area contributed by atoms with E-state index in [0.717, 1.165) is 38.8 Å². The highest BCUT2D eigenvalue weighted by Crippen LogP contribution is 2.20. The Morgan fingerprint density at radius 1 is 1.47 bits per heavy atom. The number of aliphatic hydroxyl groups is 1. The molecule has 1 unspecified atom stereocenters. The summed E-state index contributed by atoms with van der Waals surface area (Å²) in [6.45, 7) is 5.99. The Hall–Kier alpha value is -0.570. The summed E-state index contributed by atoms with van der Waals surface area (Å²) in [6, 6.07) is 0. The van der Waals surface area contributed by atoms with Gasteiger partial charge in [-0.25, -0.2) is 0 Å². The highest BCUT2D eigenvalue weighted by Gasteiger charge is 2.26. The zero-order valence-electron chi connectivity index (χ0n) is 9.91. The number of rotatable bonds is 4. The maximum Gasteiger partial charge on any atom is 0.225 e. The highest BCUT2D eigenvalue weighted by atomic mass is 16.3. The Morgan fingerprint density at radius 3 is 2.67 bits per heavy atom. The minimum absolute atomic E-state index is 0.183. The molecule has 0 spiro atoms. The summed E-state index contributed by atoms with van der Waals surface area (Å²) in [7, 11) is 0. The average molecular weight is 213 g/mol. The predicted octanol–water partition coefficient (Wildman–Crippen LogP) is 1.65. The van der Waals surface area contributed by atoms with E-state index in [1.165, 1.54) is 0 Å². The van der Waals surface area contributed by atoms with Crippen molar-refractivity contribution in [2.24, 2.45) is 11.8 Å². The molecule has 0 aromatic carbocycles. The van der Waals surface area contributed by atoms with Crippen molar-refractivity contribution < 1.29 is 9.90 Å². The van der Waals surface area contributed by atoms with E-state index in [2.05, 4.69) is 13.8 Å². The van der Waals surface area contributed by atoms with Crippen LogP contribution in [0.5, 0.6) is 0 Å². The smallest absolute Gasteiger partial charge is 0.225 e. The van der Waals surface area contributed by atoms with Crippen molar-refractivity contribution in [3.8, 4) is 0 Å². The van der Waals surface area contributed by atoms with Crippen molar-refractivity contribution in [1.29, 1.82) is 0 Å². The van der Waals surface area contributed by atoms with Gasteiger partial charge in [0.1, 0.15) is 0 Å². The van der Waals surface area contributed by atoms with Crippen LogP contribution >= 0.6 is 0 Å². The lowest BCUT2D eigenvalue weighted by atomic mass is 9.95. The molecule has 0 radical (unpaired) electrons. The second kappa shape index (κ2) is 6.11. The molecule has 0 bridgehead atoms. The second-order valence-corrected chi connectivity index (χ2v) is 4.49. The van der Waals surface area contributed by atoms with Gasteiger partial charge in [0.05, 0.1) is 0 Å². The molecule has 88 valence electrons. The molecule has 1 heterocycles. The zero-order valence-corrected chi connectivity index (χ0v) is 9.91. The molecular formula is C12H23NO2. The number of hydrogen-bond acceptors (Lipinski definition) is 2. The molecule has 0 aromatic heterocycles. The van der Waals surface area contributed by atoms with Gasteiger partial charge in [-0.1, -0.05) is 13.8 Å². The first-order valence-electron chi connectivity index (χ1n) is 6.12. The Bertz CT molecular complexity index is 202. The van der Waals surface area contributed by atoms with Gasteiger partial charge >= 0.3 is 0 Å². The lowest BCUT2D eigenvalue weighted by Gasteiger charge is -2.34. The Labute approximate surface area is 92.5 Å². The van der Waals surface area contributed by atoms with Crippen LogP contribution in [0.4, 0.5) is 0 Å². The molecule has 0 aliphatic carbocycles. The largest absolute Gasteiger partial charge is 0.396 e. The minimum atomic E-state index is 0.183. The number of amides is 1. The second-order valence-electron chi connectivity index (χ2n) is 4.49. The third-order valence-electron chi connectivity index (χ3n) is 3.42. The molecule has 3 heteroatoms. The van der Waals surface area contributed by atoms with Gasteiger partial charge in [0.15, 0.2) is 0 Å². The molecule has 1 aliphatic heterocycles. The number of aliphatic hydroxyl groups excluding tert-OH is 1. The summed E-state index contributed by atoms with van der Waals surface area (Å²) in [5.41, 5.74) is 0. The van der Waals surface area contributed by atoms with E-state index < -0.39 is 0 Å². The van der Waals surface area contributed by atoms with Gasteiger partial charge in [-0.05, 0) is 31.6 Å². The molecule has 1 amide bonds. The SMILES string of the molecule is CCC(CC)C(=O)N1CCCC(CO)C1. The fourth-order valence-electron chi connectivity index (χ4n) is 2.31. The molecule has 0 aromatic rings. The van der Waals surface area contributed by atoms with Crippen LogP contribution in [0.2, 0.25) is 0 Å². The number of likely N-dealkylation sites (tertiary alicyclic amines) is 1. The fraction of sp³-hybridized carbons (Fsp3) is 0.917. The number of piperidine rings is 1. The Kier molecular flexibility index (Phi) is 5.09. The van der Waals surface area contributed by atoms with Crippen LogP contribution in [-0.2, 0) is 4.79 Å². The summed E-state index contributed by atoms with van der Waals surface area (Å²) < 4.78 is 0. The van der Waals surface area contributed by atoms with E-state index in [9.17, 15) is 4.79 Å². The van der Waals surface area contributed by atoms with E-state index in [1.54, 1.807) is 0 Å². The van der Waals surface area contributed by atoms with Gasteiger partial charge in [-0.2, -0.15) is 0 Å². The quantitative estimate of drug-likeness (QED) is 0.771. The maximum absolute atomic E-state index is 12.1. The summed E-state index contributed by atoms with van der Waals surface area (Å²) in [4.78, 5) is 14.0. The third-order valence-corrected chi connectivity index (χ3v) is 3.42. The van der Waals surface area contributed by atoms with Gasteiger partial charge in [0, 0.05) is 25.6 Å². The van der Waals surface area contributed by atoms with Crippen molar-refractivity contribution in [2.75, 3.05) is 19.7 Å². The van der Waals surface area contributed by atoms with Crippen LogP contribution in [0.3, 0.4) is 0 Å². The van der Waals surface area contributed by atoms with Crippen molar-refractivity contribution in [1.82, 2.24) is 4.90 Å².